The molecule has 1 aliphatic carbocycles. The van der Waals surface area contributed by atoms with E-state index in [4.69, 9.17) is 5.11 Å². The number of carbonyl (C=O) groups is 1. The quantitative estimate of drug-likeness (QED) is 0.775. The zero-order valence-corrected chi connectivity index (χ0v) is 10.9. The van der Waals surface area contributed by atoms with Crippen LogP contribution in [0.5, 0.6) is 0 Å². The zero-order valence-electron chi connectivity index (χ0n) is 10.1. The molecular weight excluding hydrogens is 250 g/mol. The molecule has 1 heterocycles. The van der Waals surface area contributed by atoms with Gasteiger partial charge in [0.05, 0.1) is 12.3 Å². The normalized spacial score (nSPS) is 14.3. The van der Waals surface area contributed by atoms with Crippen molar-refractivity contribution in [1.29, 1.82) is 0 Å². The lowest BCUT2D eigenvalue weighted by molar-refractivity contribution is 0.195. The van der Waals surface area contributed by atoms with Gasteiger partial charge in [0.1, 0.15) is 0 Å². The third-order valence-corrected chi connectivity index (χ3v) is 3.51. The van der Waals surface area contributed by atoms with Crippen molar-refractivity contribution >= 4 is 22.5 Å². The van der Waals surface area contributed by atoms with Crippen LogP contribution in [-0.2, 0) is 0 Å². The lowest BCUT2D eigenvalue weighted by atomic mass is 10.3. The second-order valence-corrected chi connectivity index (χ2v) is 5.10. The first kappa shape index (κ1) is 13.0. The monoisotopic (exact) mass is 267 g/mol. The number of hydrogen-bond donors (Lipinski definition) is 2. The molecule has 0 aromatic carbocycles. The molecule has 0 atom stereocenters. The first-order chi connectivity index (χ1) is 8.74. The summed E-state index contributed by atoms with van der Waals surface area (Å²) < 4.78 is 0. The van der Waals surface area contributed by atoms with Crippen LogP contribution in [0.15, 0.2) is 18.0 Å². The molecule has 1 aromatic rings. The largest absolute Gasteiger partial charge is 0.395 e. The third kappa shape index (κ3) is 3.30. The minimum absolute atomic E-state index is 0.0630. The molecule has 18 heavy (non-hydrogen) atoms. The van der Waals surface area contributed by atoms with Gasteiger partial charge in [0.25, 0.3) is 0 Å². The van der Waals surface area contributed by atoms with Gasteiger partial charge < -0.3 is 10.0 Å². The molecule has 2 N–H and O–H groups in total. The van der Waals surface area contributed by atoms with E-state index in [2.05, 4.69) is 16.9 Å². The highest BCUT2D eigenvalue weighted by Crippen LogP contribution is 2.40. The van der Waals surface area contributed by atoms with Crippen LogP contribution < -0.4 is 5.32 Å². The predicted octanol–water partition coefficient (Wildman–Crippen LogP) is 2.03. The molecule has 2 amide bonds. The number of nitrogens with zero attached hydrogens (tertiary/aromatic N) is 2. The van der Waals surface area contributed by atoms with E-state index >= 15 is 0 Å². The van der Waals surface area contributed by atoms with Crippen LogP contribution in [0.2, 0.25) is 0 Å². The van der Waals surface area contributed by atoms with Crippen LogP contribution in [0.4, 0.5) is 9.93 Å². The van der Waals surface area contributed by atoms with Crippen molar-refractivity contribution in [1.82, 2.24) is 9.88 Å². The minimum Gasteiger partial charge on any atom is -0.395 e. The zero-order chi connectivity index (χ0) is 13.0. The van der Waals surface area contributed by atoms with E-state index in [-0.39, 0.29) is 12.6 Å². The summed E-state index contributed by atoms with van der Waals surface area (Å²) in [5.41, 5.74) is 1.08. The molecular formula is C12H17N3O2S. The van der Waals surface area contributed by atoms with Crippen LogP contribution in [-0.4, -0.2) is 40.7 Å². The molecule has 0 radical (unpaired) electrons. The molecule has 2 rings (SSSR count). The van der Waals surface area contributed by atoms with Crippen molar-refractivity contribution in [3.05, 3.63) is 23.7 Å². The van der Waals surface area contributed by atoms with Gasteiger partial charge >= 0.3 is 6.03 Å². The summed E-state index contributed by atoms with van der Waals surface area (Å²) in [5, 5.41) is 14.3. The molecule has 1 fully saturated rings. The number of thiazole rings is 1. The van der Waals surface area contributed by atoms with E-state index in [1.54, 1.807) is 6.08 Å². The van der Waals surface area contributed by atoms with E-state index in [1.165, 1.54) is 29.1 Å². The molecule has 0 bridgehead atoms. The summed E-state index contributed by atoms with van der Waals surface area (Å²) >= 11 is 1.44. The molecule has 0 spiro atoms. The van der Waals surface area contributed by atoms with Crippen molar-refractivity contribution in [3.63, 3.8) is 0 Å². The Balaban J connectivity index is 1.92. The van der Waals surface area contributed by atoms with Gasteiger partial charge in [0.15, 0.2) is 5.13 Å². The second-order valence-electron chi connectivity index (χ2n) is 4.24. The number of rotatable bonds is 6. The molecule has 0 unspecified atom stereocenters. The number of aliphatic hydroxyl groups excluding tert-OH is 1. The van der Waals surface area contributed by atoms with Gasteiger partial charge in [-0.2, -0.15) is 0 Å². The molecule has 0 aliphatic heterocycles. The standard InChI is InChI=1S/C12H17N3O2S/c1-2-5-15(6-7-16)12(17)14-11-13-10(8-18-11)9-3-4-9/h2,8-9,16H,1,3-7H2,(H,13,14,17). The van der Waals surface area contributed by atoms with Crippen LogP contribution in [0.25, 0.3) is 0 Å². The third-order valence-electron chi connectivity index (χ3n) is 2.74. The summed E-state index contributed by atoms with van der Waals surface area (Å²) in [6, 6.07) is -0.249. The molecule has 5 nitrogen and oxygen atoms in total. The number of urea groups is 1. The number of hydrogen-bond acceptors (Lipinski definition) is 4. The number of aromatic nitrogens is 1. The number of aliphatic hydroxyl groups is 1. The van der Waals surface area contributed by atoms with Crippen LogP contribution in [0, 0.1) is 0 Å². The topological polar surface area (TPSA) is 65.5 Å². The minimum atomic E-state index is -0.249. The van der Waals surface area contributed by atoms with E-state index in [1.807, 2.05) is 5.38 Å². The van der Waals surface area contributed by atoms with Gasteiger partial charge in [-0.05, 0) is 12.8 Å². The Bertz CT molecular complexity index is 429. The highest BCUT2D eigenvalue weighted by molar-refractivity contribution is 7.13. The molecule has 1 aliphatic rings. The van der Waals surface area contributed by atoms with E-state index in [9.17, 15) is 4.79 Å². The average Bonchev–Trinajstić information content (AvgIpc) is 3.10. The fourth-order valence-electron chi connectivity index (χ4n) is 1.63. The average molecular weight is 267 g/mol. The SMILES string of the molecule is C=CCN(CCO)C(=O)Nc1nc(C2CC2)cs1. The Morgan fingerprint density at radius 3 is 3.11 bits per heavy atom. The number of anilines is 1. The second kappa shape index (κ2) is 5.97. The van der Waals surface area contributed by atoms with Gasteiger partial charge in [0.2, 0.25) is 0 Å². The van der Waals surface area contributed by atoms with Gasteiger partial charge in [-0.15, -0.1) is 17.9 Å². The van der Waals surface area contributed by atoms with Crippen molar-refractivity contribution < 1.29 is 9.90 Å². The molecule has 1 aromatic heterocycles. The summed E-state index contributed by atoms with van der Waals surface area (Å²) in [7, 11) is 0. The van der Waals surface area contributed by atoms with E-state index < -0.39 is 0 Å². The van der Waals surface area contributed by atoms with Crippen molar-refractivity contribution in [3.8, 4) is 0 Å². The summed E-state index contributed by atoms with van der Waals surface area (Å²) in [5.74, 6) is 0.591. The Hall–Kier alpha value is -1.40. The van der Waals surface area contributed by atoms with Gasteiger partial charge in [0, 0.05) is 24.4 Å². The molecule has 6 heteroatoms. The fourth-order valence-corrected chi connectivity index (χ4v) is 2.41. The van der Waals surface area contributed by atoms with E-state index in [0.717, 1.165) is 5.69 Å². The summed E-state index contributed by atoms with van der Waals surface area (Å²) in [6.07, 6.45) is 4.03. The number of amides is 2. The van der Waals surface area contributed by atoms with Gasteiger partial charge in [-0.1, -0.05) is 6.08 Å². The van der Waals surface area contributed by atoms with E-state index in [0.29, 0.717) is 24.1 Å². The van der Waals surface area contributed by atoms with Crippen LogP contribution >= 0.6 is 11.3 Å². The Morgan fingerprint density at radius 2 is 2.50 bits per heavy atom. The summed E-state index contributed by atoms with van der Waals surface area (Å²) in [4.78, 5) is 17.8. The predicted molar refractivity (Wildman–Crippen MR) is 72.0 cm³/mol. The number of carbonyl (C=O) groups excluding carboxylic acids is 1. The first-order valence-corrected chi connectivity index (χ1v) is 6.85. The maximum Gasteiger partial charge on any atom is 0.324 e. The molecule has 98 valence electrons. The van der Waals surface area contributed by atoms with Crippen molar-refractivity contribution in [2.24, 2.45) is 0 Å². The maximum absolute atomic E-state index is 11.9. The van der Waals surface area contributed by atoms with Crippen LogP contribution in [0.3, 0.4) is 0 Å². The van der Waals surface area contributed by atoms with Crippen molar-refractivity contribution in [2.45, 2.75) is 18.8 Å². The Morgan fingerprint density at radius 1 is 1.72 bits per heavy atom. The lowest BCUT2D eigenvalue weighted by Gasteiger charge is -2.19. The smallest absolute Gasteiger partial charge is 0.324 e. The molecule has 0 saturated heterocycles. The fraction of sp³-hybridized carbons (Fsp3) is 0.500. The van der Waals surface area contributed by atoms with Gasteiger partial charge in [-0.3, -0.25) is 5.32 Å². The first-order valence-electron chi connectivity index (χ1n) is 5.97. The van der Waals surface area contributed by atoms with Gasteiger partial charge in [-0.25, -0.2) is 9.78 Å². The summed E-state index contributed by atoms with van der Waals surface area (Å²) in [6.45, 7) is 4.23. The van der Waals surface area contributed by atoms with Crippen LogP contribution in [0.1, 0.15) is 24.5 Å². The molecule has 1 saturated carbocycles. The highest BCUT2D eigenvalue weighted by Gasteiger charge is 2.26. The maximum atomic E-state index is 11.9. The number of nitrogens with one attached hydrogen (secondary N) is 1. The van der Waals surface area contributed by atoms with Crippen molar-refractivity contribution in [2.75, 3.05) is 25.0 Å². The lowest BCUT2D eigenvalue weighted by Crippen LogP contribution is -2.37. The highest BCUT2D eigenvalue weighted by atomic mass is 32.1. The Kier molecular flexibility index (Phi) is 4.33. The Labute approximate surface area is 110 Å².